The van der Waals surface area contributed by atoms with Crippen molar-refractivity contribution < 1.29 is 14.3 Å². The number of methoxy groups -OCH3 is 1. The number of aromatic nitrogens is 1. The number of nitrogens with zero attached hydrogens (tertiary/aromatic N) is 1. The molecule has 0 aliphatic carbocycles. The maximum absolute atomic E-state index is 12.3. The topological polar surface area (TPSA) is 68.3 Å². The average Bonchev–Trinajstić information content (AvgIpc) is 3.02. The number of thioether (sulfide) groups is 1. The van der Waals surface area contributed by atoms with Crippen LogP contribution in [0.25, 0.3) is 10.2 Å². The van der Waals surface area contributed by atoms with Gasteiger partial charge in [0.1, 0.15) is 0 Å². The van der Waals surface area contributed by atoms with Crippen molar-refractivity contribution in [1.29, 1.82) is 0 Å². The van der Waals surface area contributed by atoms with Crippen LogP contribution in [0.5, 0.6) is 0 Å². The minimum absolute atomic E-state index is 0.149. The maximum atomic E-state index is 12.3. The summed E-state index contributed by atoms with van der Waals surface area (Å²) in [6.45, 7) is 1.98. The van der Waals surface area contributed by atoms with Crippen molar-refractivity contribution in [3.05, 3.63) is 53.6 Å². The molecule has 0 bridgehead atoms. The summed E-state index contributed by atoms with van der Waals surface area (Å²) in [5.41, 5.74) is 3.28. The number of hydrogen-bond donors (Lipinski definition) is 1. The number of carbonyl (C=O) groups is 2. The van der Waals surface area contributed by atoms with Crippen molar-refractivity contribution in [3.8, 4) is 0 Å². The summed E-state index contributed by atoms with van der Waals surface area (Å²) in [6, 6.07) is 13.0. The first kappa shape index (κ1) is 17.4. The van der Waals surface area contributed by atoms with Gasteiger partial charge in [0.25, 0.3) is 5.91 Å². The molecule has 0 aliphatic rings. The van der Waals surface area contributed by atoms with Crippen LogP contribution in [-0.4, -0.2) is 29.7 Å². The van der Waals surface area contributed by atoms with Crippen molar-refractivity contribution >= 4 is 50.9 Å². The Hall–Kier alpha value is -2.38. The predicted molar refractivity (Wildman–Crippen MR) is 101 cm³/mol. The molecule has 3 aromatic rings. The zero-order valence-corrected chi connectivity index (χ0v) is 15.4. The Labute approximate surface area is 153 Å². The zero-order chi connectivity index (χ0) is 17.8. The first-order chi connectivity index (χ1) is 12.0. The number of nitrogens with one attached hydrogen (secondary N) is 1. The summed E-state index contributed by atoms with van der Waals surface area (Å²) in [7, 11) is 1.37. The molecule has 2 aromatic carbocycles. The molecule has 1 amide bonds. The molecule has 0 fully saturated rings. The smallest absolute Gasteiger partial charge is 0.316 e. The Morgan fingerprint density at radius 1 is 1.20 bits per heavy atom. The number of rotatable bonds is 5. The van der Waals surface area contributed by atoms with Crippen LogP contribution in [0.3, 0.4) is 0 Å². The second-order valence-electron chi connectivity index (χ2n) is 5.35. The van der Waals surface area contributed by atoms with Gasteiger partial charge in [0, 0.05) is 11.3 Å². The number of esters is 1. The third-order valence-electron chi connectivity index (χ3n) is 3.48. The summed E-state index contributed by atoms with van der Waals surface area (Å²) < 4.78 is 6.37. The molecule has 3 rings (SSSR count). The molecule has 0 unspecified atom stereocenters. The molecule has 1 N–H and O–H groups in total. The number of benzene rings is 2. The quantitative estimate of drug-likeness (QED) is 0.539. The number of fused-ring (bicyclic) bond motifs is 1. The highest BCUT2D eigenvalue weighted by Crippen LogP contribution is 2.31. The summed E-state index contributed by atoms with van der Waals surface area (Å²) >= 11 is 2.82. The van der Waals surface area contributed by atoms with E-state index in [1.54, 1.807) is 12.1 Å². The van der Waals surface area contributed by atoms with Gasteiger partial charge >= 0.3 is 5.97 Å². The summed E-state index contributed by atoms with van der Waals surface area (Å²) in [5, 5.41) is 2.90. The van der Waals surface area contributed by atoms with Crippen LogP contribution in [0.2, 0.25) is 0 Å². The number of anilines is 1. The molecule has 1 aromatic heterocycles. The predicted octanol–water partition coefficient (Wildman–Crippen LogP) is 4.12. The van der Waals surface area contributed by atoms with E-state index in [4.69, 9.17) is 0 Å². The van der Waals surface area contributed by atoms with Crippen molar-refractivity contribution in [3.63, 3.8) is 0 Å². The third kappa shape index (κ3) is 4.37. The first-order valence-electron chi connectivity index (χ1n) is 7.53. The lowest BCUT2D eigenvalue weighted by Crippen LogP contribution is -2.11. The zero-order valence-electron chi connectivity index (χ0n) is 13.7. The molecule has 0 atom stereocenters. The van der Waals surface area contributed by atoms with Crippen LogP contribution in [0.1, 0.15) is 15.9 Å². The fourth-order valence-electron chi connectivity index (χ4n) is 2.13. The molecule has 0 saturated carbocycles. The second-order valence-corrected chi connectivity index (χ2v) is 7.60. The van der Waals surface area contributed by atoms with E-state index in [1.807, 2.05) is 37.3 Å². The van der Waals surface area contributed by atoms with Gasteiger partial charge in [-0.15, -0.1) is 11.3 Å². The molecule has 0 saturated heterocycles. The molecule has 0 aliphatic heterocycles. The number of hydrogen-bond acceptors (Lipinski definition) is 6. The van der Waals surface area contributed by atoms with Gasteiger partial charge < -0.3 is 10.1 Å². The van der Waals surface area contributed by atoms with Crippen molar-refractivity contribution in [2.24, 2.45) is 0 Å². The van der Waals surface area contributed by atoms with E-state index in [0.717, 1.165) is 20.1 Å². The maximum Gasteiger partial charge on any atom is 0.316 e. The summed E-state index contributed by atoms with van der Waals surface area (Å²) in [5.74, 6) is -0.202. The van der Waals surface area contributed by atoms with E-state index >= 15 is 0 Å². The van der Waals surface area contributed by atoms with Gasteiger partial charge in [-0.2, -0.15) is 0 Å². The fraction of sp³-hybridized carbons (Fsp3) is 0.167. The molecule has 5 nitrogen and oxygen atoms in total. The number of thiazole rings is 1. The standard InChI is InChI=1S/C18H16N2O3S2/c1-11-3-5-12(6-4-11)17(22)19-13-7-8-14-15(9-13)25-18(20-14)24-10-16(21)23-2/h3-9H,10H2,1-2H3,(H,19,22). The fourth-order valence-corrected chi connectivity index (χ4v) is 4.07. The Kier molecular flexibility index (Phi) is 5.35. The van der Waals surface area contributed by atoms with Crippen molar-refractivity contribution in [2.45, 2.75) is 11.3 Å². The van der Waals surface area contributed by atoms with Gasteiger partial charge in [-0.25, -0.2) is 4.98 Å². The Bertz CT molecular complexity index is 920. The van der Waals surface area contributed by atoms with Gasteiger partial charge in [-0.05, 0) is 37.3 Å². The van der Waals surface area contributed by atoms with Crippen molar-refractivity contribution in [2.75, 3.05) is 18.2 Å². The van der Waals surface area contributed by atoms with Gasteiger partial charge in [0.15, 0.2) is 4.34 Å². The van der Waals surface area contributed by atoms with E-state index in [9.17, 15) is 9.59 Å². The Morgan fingerprint density at radius 2 is 1.96 bits per heavy atom. The van der Waals surface area contributed by atoms with Crippen LogP contribution in [0.15, 0.2) is 46.8 Å². The first-order valence-corrected chi connectivity index (χ1v) is 9.33. The van der Waals surface area contributed by atoms with Crippen LogP contribution in [0.4, 0.5) is 5.69 Å². The molecular weight excluding hydrogens is 356 g/mol. The number of aryl methyl sites for hydroxylation is 1. The lowest BCUT2D eigenvalue weighted by Gasteiger charge is -2.05. The largest absolute Gasteiger partial charge is 0.468 e. The lowest BCUT2D eigenvalue weighted by molar-refractivity contribution is -0.137. The normalized spacial score (nSPS) is 10.6. The van der Waals surface area contributed by atoms with Gasteiger partial charge in [-0.1, -0.05) is 29.5 Å². The summed E-state index contributed by atoms with van der Waals surface area (Å²) in [6.07, 6.45) is 0. The van der Waals surface area contributed by atoms with E-state index in [2.05, 4.69) is 15.0 Å². The van der Waals surface area contributed by atoms with Gasteiger partial charge in [0.05, 0.1) is 23.1 Å². The van der Waals surface area contributed by atoms with Crippen LogP contribution in [0, 0.1) is 6.92 Å². The van der Waals surface area contributed by atoms with Crippen LogP contribution in [-0.2, 0) is 9.53 Å². The van der Waals surface area contributed by atoms with Gasteiger partial charge in [-0.3, -0.25) is 9.59 Å². The molecule has 1 heterocycles. The number of carbonyl (C=O) groups excluding carboxylic acids is 2. The monoisotopic (exact) mass is 372 g/mol. The highest BCUT2D eigenvalue weighted by Gasteiger charge is 2.10. The van der Waals surface area contributed by atoms with Crippen LogP contribution < -0.4 is 5.32 Å². The van der Waals surface area contributed by atoms with Crippen molar-refractivity contribution in [1.82, 2.24) is 4.98 Å². The van der Waals surface area contributed by atoms with Gasteiger partial charge in [0.2, 0.25) is 0 Å². The molecule has 0 radical (unpaired) electrons. The molecule has 128 valence electrons. The number of ether oxygens (including phenoxy) is 1. The summed E-state index contributed by atoms with van der Waals surface area (Å²) in [4.78, 5) is 28.0. The average molecular weight is 372 g/mol. The lowest BCUT2D eigenvalue weighted by atomic mass is 10.1. The highest BCUT2D eigenvalue weighted by atomic mass is 32.2. The molecular formula is C18H16N2O3S2. The Balaban J connectivity index is 1.73. The third-order valence-corrected chi connectivity index (χ3v) is 5.62. The Morgan fingerprint density at radius 3 is 2.68 bits per heavy atom. The van der Waals surface area contributed by atoms with E-state index in [-0.39, 0.29) is 17.6 Å². The van der Waals surface area contributed by atoms with E-state index < -0.39 is 0 Å². The van der Waals surface area contributed by atoms with E-state index in [0.29, 0.717) is 11.3 Å². The molecule has 25 heavy (non-hydrogen) atoms. The molecule has 7 heteroatoms. The second kappa shape index (κ2) is 7.67. The van der Waals surface area contributed by atoms with E-state index in [1.165, 1.54) is 30.2 Å². The van der Waals surface area contributed by atoms with Crippen LogP contribution >= 0.6 is 23.1 Å². The minimum atomic E-state index is -0.282. The highest BCUT2D eigenvalue weighted by molar-refractivity contribution is 8.01. The SMILES string of the molecule is COC(=O)CSc1nc2ccc(NC(=O)c3ccc(C)cc3)cc2s1. The number of amides is 1. The minimum Gasteiger partial charge on any atom is -0.468 e. The molecule has 0 spiro atoms.